The van der Waals surface area contributed by atoms with Crippen LogP contribution in [0.25, 0.3) is 10.8 Å². The number of rotatable bonds is 8. The summed E-state index contributed by atoms with van der Waals surface area (Å²) >= 11 is 6.32. The van der Waals surface area contributed by atoms with Crippen molar-refractivity contribution >= 4 is 40.6 Å². The Morgan fingerprint density at radius 1 is 1.06 bits per heavy atom. The van der Waals surface area contributed by atoms with Gasteiger partial charge in [0.2, 0.25) is 0 Å². The summed E-state index contributed by atoms with van der Waals surface area (Å²) < 4.78 is 78.2. The monoisotopic (exact) mass is 550 g/mol. The van der Waals surface area contributed by atoms with E-state index in [4.69, 9.17) is 21.1 Å². The van der Waals surface area contributed by atoms with Gasteiger partial charge in [-0.3, -0.25) is 0 Å². The molecule has 0 saturated carbocycles. The summed E-state index contributed by atoms with van der Waals surface area (Å²) in [7, 11) is -6.87. The highest BCUT2D eigenvalue weighted by Crippen LogP contribution is 2.45. The second kappa shape index (κ2) is 11.0. The molecule has 194 valence electrons. The highest BCUT2D eigenvalue weighted by Gasteiger charge is 2.49. The van der Waals surface area contributed by atoms with Gasteiger partial charge < -0.3 is 13.7 Å². The van der Waals surface area contributed by atoms with E-state index in [0.717, 1.165) is 0 Å². The lowest BCUT2D eigenvalue weighted by atomic mass is 10.0. The topological polar surface area (TPSA) is 61.8 Å². The molecule has 0 heterocycles. The van der Waals surface area contributed by atoms with Gasteiger partial charge in [0, 0.05) is 18.1 Å². The lowest BCUT2D eigenvalue weighted by Gasteiger charge is -2.38. The maximum atomic E-state index is 13.2. The Morgan fingerprint density at radius 3 is 2.11 bits per heavy atom. The second-order valence-corrected chi connectivity index (χ2v) is 16.6. The van der Waals surface area contributed by atoms with Crippen LogP contribution < -0.4 is 8.92 Å². The highest BCUT2D eigenvalue weighted by molar-refractivity contribution is 7.88. The largest absolute Gasteiger partial charge is 0.534 e. The predicted molar refractivity (Wildman–Crippen MR) is 135 cm³/mol. The normalized spacial score (nSPS) is 12.9. The first-order valence-corrected chi connectivity index (χ1v) is 15.0. The molecule has 0 unspecified atom stereocenters. The van der Waals surface area contributed by atoms with Crippen LogP contribution in [0.15, 0.2) is 24.3 Å². The third kappa shape index (κ3) is 5.90. The first-order valence-electron chi connectivity index (χ1n) is 11.0. The molecule has 0 spiro atoms. The molecule has 11 heteroatoms. The Morgan fingerprint density at radius 2 is 1.63 bits per heavy atom. The minimum absolute atomic E-state index is 0.0572. The number of alkyl halides is 3. The van der Waals surface area contributed by atoms with Gasteiger partial charge in [-0.25, -0.2) is 0 Å². The van der Waals surface area contributed by atoms with Crippen LogP contribution in [-0.4, -0.2) is 35.9 Å². The van der Waals surface area contributed by atoms with Crippen molar-refractivity contribution in [3.8, 4) is 23.0 Å². The molecular formula is C24H30ClF3O5SSi. The molecule has 0 N–H and O–H groups in total. The number of hydrogen-bond donors (Lipinski definition) is 0. The maximum absolute atomic E-state index is 13.2. The van der Waals surface area contributed by atoms with Gasteiger partial charge in [-0.15, -0.1) is 5.54 Å². The first kappa shape index (κ1) is 29.3. The van der Waals surface area contributed by atoms with Crippen LogP contribution in [0.5, 0.6) is 11.5 Å². The van der Waals surface area contributed by atoms with E-state index < -0.39 is 34.5 Å². The quantitative estimate of drug-likeness (QED) is 0.114. The number of hydrogen-bond acceptors (Lipinski definition) is 5. The molecule has 35 heavy (non-hydrogen) atoms. The Bertz CT molecular complexity index is 1210. The molecule has 0 fully saturated rings. The molecule has 0 radical (unpaired) electrons. The van der Waals surface area contributed by atoms with Crippen LogP contribution in [0.1, 0.15) is 47.1 Å². The van der Waals surface area contributed by atoms with Crippen LogP contribution in [0.3, 0.4) is 0 Å². The smallest absolute Gasteiger partial charge is 0.466 e. The van der Waals surface area contributed by atoms with E-state index in [0.29, 0.717) is 27.6 Å². The van der Waals surface area contributed by atoms with Gasteiger partial charge in [0.15, 0.2) is 12.5 Å². The average molecular weight is 551 g/mol. The third-order valence-electron chi connectivity index (χ3n) is 6.11. The van der Waals surface area contributed by atoms with E-state index in [9.17, 15) is 21.6 Å². The molecule has 0 aliphatic carbocycles. The van der Waals surface area contributed by atoms with E-state index in [2.05, 4.69) is 57.2 Å². The van der Waals surface area contributed by atoms with Gasteiger partial charge in [-0.2, -0.15) is 21.6 Å². The van der Waals surface area contributed by atoms with Crippen LogP contribution >= 0.6 is 11.6 Å². The third-order valence-corrected chi connectivity index (χ3v) is 13.7. The molecule has 0 aromatic heterocycles. The van der Waals surface area contributed by atoms with Crippen molar-refractivity contribution in [1.82, 2.24) is 0 Å². The lowest BCUT2D eigenvalue weighted by Crippen LogP contribution is -2.43. The van der Waals surface area contributed by atoms with Crippen molar-refractivity contribution < 1.29 is 35.2 Å². The van der Waals surface area contributed by atoms with Gasteiger partial charge in [-0.1, -0.05) is 71.2 Å². The standard InChI is InChI=1S/C24H30ClF3O5SSi/c1-15(2)35(16(3)4,17(5)6)12-11-18-9-8-10-19-13-20(32-14-31-7)22(25)23(21(18)19)33-34(29,30)24(26,27)28/h8-10,13,15-17H,14H2,1-7H3. The Kier molecular flexibility index (Phi) is 9.20. The van der Waals surface area contributed by atoms with Crippen molar-refractivity contribution in [3.05, 3.63) is 34.9 Å². The molecule has 2 aromatic rings. The number of ether oxygens (including phenoxy) is 2. The summed E-state index contributed by atoms with van der Waals surface area (Å²) in [6.07, 6.45) is 0. The zero-order chi connectivity index (χ0) is 26.8. The molecule has 0 amide bonds. The fraction of sp³-hybridized carbons (Fsp3) is 0.500. The summed E-state index contributed by atoms with van der Waals surface area (Å²) in [5.41, 5.74) is -0.914. The minimum atomic E-state index is -6.01. The van der Waals surface area contributed by atoms with Crippen LogP contribution in [-0.2, 0) is 14.9 Å². The molecule has 0 atom stereocenters. The van der Waals surface area contributed by atoms with Crippen molar-refractivity contribution in [2.24, 2.45) is 0 Å². The van der Waals surface area contributed by atoms with E-state index in [1.54, 1.807) is 18.2 Å². The summed E-state index contributed by atoms with van der Waals surface area (Å²) in [6.45, 7) is 12.5. The van der Waals surface area contributed by atoms with E-state index in [-0.39, 0.29) is 17.9 Å². The summed E-state index contributed by atoms with van der Waals surface area (Å²) in [5, 5.41) is -0.0240. The molecule has 0 bridgehead atoms. The number of halogens is 4. The first-order chi connectivity index (χ1) is 16.1. The number of methoxy groups -OCH3 is 1. The van der Waals surface area contributed by atoms with Gasteiger partial charge in [0.05, 0.1) is 0 Å². The van der Waals surface area contributed by atoms with E-state index in [1.165, 1.54) is 13.2 Å². The van der Waals surface area contributed by atoms with Crippen molar-refractivity contribution in [1.29, 1.82) is 0 Å². The van der Waals surface area contributed by atoms with E-state index in [1.807, 2.05) is 0 Å². The van der Waals surface area contributed by atoms with Crippen molar-refractivity contribution in [2.45, 2.75) is 63.7 Å². The summed E-state index contributed by atoms with van der Waals surface area (Å²) in [6, 6.07) is 6.34. The molecule has 0 aliphatic heterocycles. The molecule has 5 nitrogen and oxygen atoms in total. The molecular weight excluding hydrogens is 521 g/mol. The highest BCUT2D eigenvalue weighted by atomic mass is 35.5. The predicted octanol–water partition coefficient (Wildman–Crippen LogP) is 7.27. The van der Waals surface area contributed by atoms with Gasteiger partial charge >= 0.3 is 15.6 Å². The van der Waals surface area contributed by atoms with Crippen LogP contribution in [0.4, 0.5) is 13.2 Å². The van der Waals surface area contributed by atoms with Gasteiger partial charge in [0.1, 0.15) is 18.8 Å². The molecule has 2 rings (SSSR count). The van der Waals surface area contributed by atoms with Crippen molar-refractivity contribution in [3.63, 3.8) is 0 Å². The second-order valence-electron chi connectivity index (χ2n) is 9.10. The van der Waals surface area contributed by atoms with E-state index >= 15 is 0 Å². The SMILES string of the molecule is COCOc1cc2cccc(C#C[Si](C(C)C)(C(C)C)C(C)C)c2c(OS(=O)(=O)C(F)(F)F)c1Cl. The number of benzene rings is 2. The summed E-state index contributed by atoms with van der Waals surface area (Å²) in [5.74, 6) is 2.38. The zero-order valence-corrected chi connectivity index (χ0v) is 23.3. The zero-order valence-electron chi connectivity index (χ0n) is 20.7. The Balaban J connectivity index is 2.91. The van der Waals surface area contributed by atoms with Crippen molar-refractivity contribution in [2.75, 3.05) is 13.9 Å². The fourth-order valence-corrected chi connectivity index (χ4v) is 10.5. The Hall–Kier alpha value is -1.93. The number of fused-ring (bicyclic) bond motifs is 1. The summed E-state index contributed by atoms with van der Waals surface area (Å²) in [4.78, 5) is 0. The molecule has 0 saturated heterocycles. The lowest BCUT2D eigenvalue weighted by molar-refractivity contribution is -0.0499. The average Bonchev–Trinajstić information content (AvgIpc) is 2.73. The molecule has 0 aliphatic rings. The Labute approximate surface area is 211 Å². The maximum Gasteiger partial charge on any atom is 0.534 e. The van der Waals surface area contributed by atoms with Crippen LogP contribution in [0, 0.1) is 11.5 Å². The fourth-order valence-electron chi connectivity index (χ4n) is 4.55. The van der Waals surface area contributed by atoms with Crippen LogP contribution in [0.2, 0.25) is 21.6 Å². The molecule has 2 aromatic carbocycles. The van der Waals surface area contributed by atoms with Gasteiger partial charge in [-0.05, 0) is 34.1 Å². The minimum Gasteiger partial charge on any atom is -0.466 e. The van der Waals surface area contributed by atoms with Gasteiger partial charge in [0.25, 0.3) is 0 Å².